The number of benzene rings is 1. The lowest BCUT2D eigenvalue weighted by Gasteiger charge is -1.99. The van der Waals surface area contributed by atoms with Crippen LogP contribution in [0.3, 0.4) is 0 Å². The van der Waals surface area contributed by atoms with Crippen LogP contribution >= 0.6 is 0 Å². The van der Waals surface area contributed by atoms with Crippen LogP contribution in [0.1, 0.15) is 17.6 Å². The minimum atomic E-state index is -3.26. The maximum Gasteiger partial charge on any atom is 0.260 e. The van der Waals surface area contributed by atoms with Crippen LogP contribution in [0.25, 0.3) is 11.1 Å². The van der Waals surface area contributed by atoms with Crippen LogP contribution in [-0.4, -0.2) is 25.4 Å². The highest BCUT2D eigenvalue weighted by atomic mass is 32.2. The molecule has 0 saturated heterocycles. The van der Waals surface area contributed by atoms with E-state index in [1.807, 2.05) is 0 Å². The fraction of sp³-hybridized carbons (Fsp3) is 0.200. The highest BCUT2D eigenvalue weighted by Gasteiger charge is 2.14. The first-order valence-electron chi connectivity index (χ1n) is 4.65. The molecule has 1 aromatic carbocycles. The van der Waals surface area contributed by atoms with Crippen LogP contribution in [0.4, 0.5) is 0 Å². The Morgan fingerprint density at radius 1 is 1.44 bits per heavy atom. The van der Waals surface area contributed by atoms with Gasteiger partial charge >= 0.3 is 0 Å². The zero-order chi connectivity index (χ0) is 11.8. The van der Waals surface area contributed by atoms with E-state index in [0.29, 0.717) is 17.4 Å². The molecule has 2 aromatic rings. The Morgan fingerprint density at radius 2 is 2.19 bits per heavy atom. The SMILES string of the molecule is CCS(=O)(=O)c1ccc2oc(C=O)nc2c1. The van der Waals surface area contributed by atoms with E-state index < -0.39 is 9.84 Å². The monoisotopic (exact) mass is 239 g/mol. The van der Waals surface area contributed by atoms with E-state index in [0.717, 1.165) is 0 Å². The van der Waals surface area contributed by atoms with Gasteiger partial charge in [0.1, 0.15) is 5.52 Å². The molecule has 0 N–H and O–H groups in total. The molecule has 0 fully saturated rings. The Bertz CT molecular complexity index is 642. The van der Waals surface area contributed by atoms with Crippen LogP contribution in [0.15, 0.2) is 27.5 Å². The van der Waals surface area contributed by atoms with E-state index in [4.69, 9.17) is 4.42 Å². The Labute approximate surface area is 92.0 Å². The average Bonchev–Trinajstić information content (AvgIpc) is 2.70. The lowest BCUT2D eigenvalue weighted by Crippen LogP contribution is -2.03. The summed E-state index contributed by atoms with van der Waals surface area (Å²) in [5, 5.41) is 0. The molecule has 0 amide bonds. The van der Waals surface area contributed by atoms with Gasteiger partial charge in [-0.05, 0) is 18.2 Å². The summed E-state index contributed by atoms with van der Waals surface area (Å²) in [5.74, 6) is -0.0299. The molecule has 0 aliphatic heterocycles. The number of nitrogens with zero attached hydrogens (tertiary/aromatic N) is 1. The van der Waals surface area contributed by atoms with Crippen molar-refractivity contribution in [2.45, 2.75) is 11.8 Å². The van der Waals surface area contributed by atoms with Crippen LogP contribution in [0.5, 0.6) is 0 Å². The maximum absolute atomic E-state index is 11.6. The van der Waals surface area contributed by atoms with Gasteiger partial charge in [-0.25, -0.2) is 13.4 Å². The van der Waals surface area contributed by atoms with E-state index in [2.05, 4.69) is 4.98 Å². The van der Waals surface area contributed by atoms with Crippen molar-refractivity contribution in [3.05, 3.63) is 24.1 Å². The Balaban J connectivity index is 2.64. The molecule has 0 aliphatic carbocycles. The summed E-state index contributed by atoms with van der Waals surface area (Å²) >= 11 is 0. The van der Waals surface area contributed by atoms with Crippen molar-refractivity contribution >= 4 is 27.2 Å². The zero-order valence-electron chi connectivity index (χ0n) is 8.50. The number of carbonyl (C=O) groups is 1. The molecule has 0 unspecified atom stereocenters. The second-order valence-electron chi connectivity index (χ2n) is 3.20. The molecule has 2 rings (SSSR count). The largest absolute Gasteiger partial charge is 0.434 e. The molecule has 0 saturated carbocycles. The number of hydrogen-bond donors (Lipinski definition) is 0. The third kappa shape index (κ3) is 1.71. The van der Waals surface area contributed by atoms with Gasteiger partial charge < -0.3 is 4.42 Å². The van der Waals surface area contributed by atoms with Gasteiger partial charge in [-0.15, -0.1) is 0 Å². The second-order valence-corrected chi connectivity index (χ2v) is 5.48. The number of sulfone groups is 1. The normalized spacial score (nSPS) is 11.8. The van der Waals surface area contributed by atoms with Crippen molar-refractivity contribution in [1.29, 1.82) is 0 Å². The quantitative estimate of drug-likeness (QED) is 0.757. The molecule has 0 aliphatic rings. The summed E-state index contributed by atoms with van der Waals surface area (Å²) in [6.07, 6.45) is 0.480. The van der Waals surface area contributed by atoms with Crippen LogP contribution < -0.4 is 0 Å². The van der Waals surface area contributed by atoms with Gasteiger partial charge in [0, 0.05) is 0 Å². The van der Waals surface area contributed by atoms with Crippen molar-refractivity contribution in [1.82, 2.24) is 4.98 Å². The van der Waals surface area contributed by atoms with Gasteiger partial charge in [-0.1, -0.05) is 6.92 Å². The molecule has 0 atom stereocenters. The zero-order valence-corrected chi connectivity index (χ0v) is 9.32. The van der Waals surface area contributed by atoms with Crippen molar-refractivity contribution in [2.24, 2.45) is 0 Å². The first-order chi connectivity index (χ1) is 7.56. The predicted octanol–water partition coefficient (Wildman–Crippen LogP) is 1.43. The summed E-state index contributed by atoms with van der Waals surface area (Å²) < 4.78 is 28.2. The number of oxazole rings is 1. The number of aldehydes is 1. The average molecular weight is 239 g/mol. The van der Waals surface area contributed by atoms with E-state index in [1.165, 1.54) is 18.2 Å². The molecule has 1 aromatic heterocycles. The molecule has 0 bridgehead atoms. The molecule has 0 spiro atoms. The molecule has 16 heavy (non-hydrogen) atoms. The molecular weight excluding hydrogens is 230 g/mol. The number of rotatable bonds is 3. The predicted molar refractivity (Wildman–Crippen MR) is 57.1 cm³/mol. The summed E-state index contributed by atoms with van der Waals surface area (Å²) in [6, 6.07) is 4.35. The van der Waals surface area contributed by atoms with Gasteiger partial charge in [-0.2, -0.15) is 0 Å². The van der Waals surface area contributed by atoms with Crippen LogP contribution in [-0.2, 0) is 9.84 Å². The van der Waals surface area contributed by atoms with Gasteiger partial charge in [0.15, 0.2) is 15.4 Å². The Morgan fingerprint density at radius 3 is 2.81 bits per heavy atom. The summed E-state index contributed by atoms with van der Waals surface area (Å²) in [6.45, 7) is 1.57. The highest BCUT2D eigenvalue weighted by molar-refractivity contribution is 7.91. The van der Waals surface area contributed by atoms with Gasteiger partial charge in [0.25, 0.3) is 5.89 Å². The Hall–Kier alpha value is -1.69. The minimum absolute atomic E-state index is 0.0247. The molecule has 0 radical (unpaired) electrons. The van der Waals surface area contributed by atoms with Gasteiger partial charge in [-0.3, -0.25) is 4.79 Å². The first kappa shape index (κ1) is 10.8. The standard InChI is InChI=1S/C10H9NO4S/c1-2-16(13,14)7-3-4-9-8(5-7)11-10(6-12)15-9/h3-6H,2H2,1H3. The van der Waals surface area contributed by atoms with Crippen LogP contribution in [0, 0.1) is 0 Å². The van der Waals surface area contributed by atoms with E-state index in [1.54, 1.807) is 6.92 Å². The first-order valence-corrected chi connectivity index (χ1v) is 6.30. The number of hydrogen-bond acceptors (Lipinski definition) is 5. The molecular formula is C10H9NO4S. The second kappa shape index (κ2) is 3.71. The molecule has 5 nitrogen and oxygen atoms in total. The van der Waals surface area contributed by atoms with E-state index in [-0.39, 0.29) is 16.5 Å². The number of fused-ring (bicyclic) bond motifs is 1. The maximum atomic E-state index is 11.6. The topological polar surface area (TPSA) is 77.2 Å². The summed E-state index contributed by atoms with van der Waals surface area (Å²) in [7, 11) is -3.26. The number of aromatic nitrogens is 1. The minimum Gasteiger partial charge on any atom is -0.434 e. The van der Waals surface area contributed by atoms with Crippen molar-refractivity contribution in [3.63, 3.8) is 0 Å². The highest BCUT2D eigenvalue weighted by Crippen LogP contribution is 2.20. The van der Waals surface area contributed by atoms with Crippen LogP contribution in [0.2, 0.25) is 0 Å². The van der Waals surface area contributed by atoms with Crippen molar-refractivity contribution < 1.29 is 17.6 Å². The summed E-state index contributed by atoms with van der Waals surface area (Å²) in [5.41, 5.74) is 0.772. The van der Waals surface area contributed by atoms with Gasteiger partial charge in [0.2, 0.25) is 6.29 Å². The lowest BCUT2D eigenvalue weighted by atomic mass is 10.3. The fourth-order valence-corrected chi connectivity index (χ4v) is 2.24. The van der Waals surface area contributed by atoms with Crippen molar-refractivity contribution in [2.75, 3.05) is 5.75 Å². The van der Waals surface area contributed by atoms with Gasteiger partial charge in [0.05, 0.1) is 10.6 Å². The third-order valence-corrected chi connectivity index (χ3v) is 3.95. The van der Waals surface area contributed by atoms with E-state index >= 15 is 0 Å². The smallest absolute Gasteiger partial charge is 0.260 e. The molecule has 6 heteroatoms. The molecule has 84 valence electrons. The Kier molecular flexibility index (Phi) is 2.51. The molecule has 1 heterocycles. The van der Waals surface area contributed by atoms with E-state index in [9.17, 15) is 13.2 Å². The third-order valence-electron chi connectivity index (χ3n) is 2.22. The van der Waals surface area contributed by atoms with Crippen molar-refractivity contribution in [3.8, 4) is 0 Å². The fourth-order valence-electron chi connectivity index (χ4n) is 1.34. The number of carbonyl (C=O) groups excluding carboxylic acids is 1. The summed E-state index contributed by atoms with van der Waals surface area (Å²) in [4.78, 5) is 14.5. The lowest BCUT2D eigenvalue weighted by molar-refractivity contribution is 0.109.